The highest BCUT2D eigenvalue weighted by molar-refractivity contribution is 5.81. The molecule has 0 spiro atoms. The lowest BCUT2D eigenvalue weighted by Gasteiger charge is -2.24. The van der Waals surface area contributed by atoms with Crippen LogP contribution in [0.3, 0.4) is 0 Å². The van der Waals surface area contributed by atoms with Crippen molar-refractivity contribution in [3.05, 3.63) is 42.5 Å². The van der Waals surface area contributed by atoms with Gasteiger partial charge in [-0.3, -0.25) is 10.1 Å². The van der Waals surface area contributed by atoms with Crippen LogP contribution >= 0.6 is 0 Å². The highest BCUT2D eigenvalue weighted by atomic mass is 16.5. The van der Waals surface area contributed by atoms with Crippen LogP contribution in [0.15, 0.2) is 36.9 Å². The van der Waals surface area contributed by atoms with Crippen molar-refractivity contribution in [2.24, 2.45) is 5.92 Å². The fraction of sp³-hybridized carbons (Fsp3) is 0.438. The minimum Gasteiger partial charge on any atom is -0.490 e. The Morgan fingerprint density at radius 2 is 2.10 bits per heavy atom. The van der Waals surface area contributed by atoms with Crippen LogP contribution in [0.5, 0.6) is 5.75 Å². The van der Waals surface area contributed by atoms with Crippen molar-refractivity contribution < 1.29 is 9.53 Å². The molecule has 2 fully saturated rings. The van der Waals surface area contributed by atoms with Crippen molar-refractivity contribution in [1.82, 2.24) is 10.2 Å². The lowest BCUT2D eigenvalue weighted by molar-refractivity contribution is -0.128. The molecule has 1 aliphatic carbocycles. The van der Waals surface area contributed by atoms with Gasteiger partial charge in [-0.2, -0.15) is 0 Å². The molecule has 1 aromatic rings. The maximum atomic E-state index is 12.0. The Bertz CT molecular complexity index is 494. The van der Waals surface area contributed by atoms with Crippen LogP contribution < -0.4 is 10.1 Å². The Hall–Kier alpha value is -1.81. The largest absolute Gasteiger partial charge is 0.490 e. The van der Waals surface area contributed by atoms with E-state index in [1.807, 2.05) is 29.2 Å². The summed E-state index contributed by atoms with van der Waals surface area (Å²) in [7, 11) is 0. The van der Waals surface area contributed by atoms with Gasteiger partial charge < -0.3 is 9.64 Å². The van der Waals surface area contributed by atoms with Gasteiger partial charge in [-0.15, -0.1) is 0 Å². The fourth-order valence-electron chi connectivity index (χ4n) is 2.52. The molecule has 1 N–H and O–H groups in total. The van der Waals surface area contributed by atoms with E-state index in [1.54, 1.807) is 6.08 Å². The molecule has 1 atom stereocenters. The van der Waals surface area contributed by atoms with E-state index in [0.29, 0.717) is 19.1 Å². The second kappa shape index (κ2) is 5.67. The van der Waals surface area contributed by atoms with Crippen molar-refractivity contribution >= 4 is 5.91 Å². The van der Waals surface area contributed by atoms with Crippen LogP contribution in [0, 0.1) is 5.92 Å². The predicted octanol–water partition coefficient (Wildman–Crippen LogP) is 2.09. The van der Waals surface area contributed by atoms with Gasteiger partial charge in [0.1, 0.15) is 18.5 Å². The maximum Gasteiger partial charge on any atom is 0.238 e. The van der Waals surface area contributed by atoms with E-state index in [9.17, 15) is 4.79 Å². The van der Waals surface area contributed by atoms with Crippen LogP contribution in [0.1, 0.15) is 24.6 Å². The van der Waals surface area contributed by atoms with Gasteiger partial charge in [0.2, 0.25) is 5.91 Å². The average Bonchev–Trinajstić information content (AvgIpc) is 3.22. The Labute approximate surface area is 119 Å². The first-order valence-corrected chi connectivity index (χ1v) is 7.14. The van der Waals surface area contributed by atoms with Gasteiger partial charge in [0.25, 0.3) is 0 Å². The van der Waals surface area contributed by atoms with Crippen molar-refractivity contribution in [3.63, 3.8) is 0 Å². The summed E-state index contributed by atoms with van der Waals surface area (Å²) in [6.07, 6.45) is 4.24. The van der Waals surface area contributed by atoms with Crippen LogP contribution in [-0.4, -0.2) is 30.5 Å². The van der Waals surface area contributed by atoms with Gasteiger partial charge in [-0.25, -0.2) is 0 Å². The molecule has 0 aromatic heterocycles. The molecule has 0 bridgehead atoms. The first-order chi connectivity index (χ1) is 9.78. The third-order valence-corrected chi connectivity index (χ3v) is 3.79. The molecule has 1 saturated carbocycles. The third-order valence-electron chi connectivity index (χ3n) is 3.79. The summed E-state index contributed by atoms with van der Waals surface area (Å²) in [6, 6.07) is 7.93. The number of benzene rings is 1. The molecular formula is C16H20N2O2. The second-order valence-corrected chi connectivity index (χ2v) is 5.44. The molecular weight excluding hydrogens is 252 g/mol. The van der Waals surface area contributed by atoms with Crippen LogP contribution in [0.2, 0.25) is 0 Å². The summed E-state index contributed by atoms with van der Waals surface area (Å²) in [5.74, 6) is 1.73. The number of ether oxygens (including phenoxy) is 1. The number of carbonyl (C=O) groups excluding carboxylic acids is 1. The molecule has 4 heteroatoms. The van der Waals surface area contributed by atoms with E-state index in [1.165, 1.54) is 12.8 Å². The van der Waals surface area contributed by atoms with E-state index in [0.717, 1.165) is 17.9 Å². The van der Waals surface area contributed by atoms with Crippen LogP contribution in [-0.2, 0) is 4.79 Å². The molecule has 1 amide bonds. The van der Waals surface area contributed by atoms with Gasteiger partial charge in [-0.05, 0) is 36.5 Å². The number of hydrogen-bond acceptors (Lipinski definition) is 3. The zero-order valence-corrected chi connectivity index (χ0v) is 11.5. The molecule has 106 valence electrons. The summed E-state index contributed by atoms with van der Waals surface area (Å²) >= 11 is 0. The van der Waals surface area contributed by atoms with E-state index < -0.39 is 0 Å². The molecule has 1 heterocycles. The van der Waals surface area contributed by atoms with E-state index >= 15 is 0 Å². The molecule has 20 heavy (non-hydrogen) atoms. The zero-order chi connectivity index (χ0) is 13.9. The predicted molar refractivity (Wildman–Crippen MR) is 77.3 cm³/mol. The van der Waals surface area contributed by atoms with Gasteiger partial charge in [0.15, 0.2) is 0 Å². The summed E-state index contributed by atoms with van der Waals surface area (Å²) in [4.78, 5) is 13.9. The third kappa shape index (κ3) is 2.85. The number of rotatable bonds is 6. The van der Waals surface area contributed by atoms with Crippen LogP contribution in [0.4, 0.5) is 0 Å². The number of nitrogens with one attached hydrogen (secondary N) is 1. The minimum atomic E-state index is 0.0107. The summed E-state index contributed by atoms with van der Waals surface area (Å²) in [5, 5.41) is 3.29. The number of amides is 1. The smallest absolute Gasteiger partial charge is 0.238 e. The van der Waals surface area contributed by atoms with Gasteiger partial charge in [-0.1, -0.05) is 24.8 Å². The lowest BCUT2D eigenvalue weighted by Crippen LogP contribution is -2.32. The van der Waals surface area contributed by atoms with Crippen molar-refractivity contribution in [2.75, 3.05) is 19.7 Å². The van der Waals surface area contributed by atoms with E-state index in [4.69, 9.17) is 4.74 Å². The Balaban J connectivity index is 1.70. The highest BCUT2D eigenvalue weighted by Gasteiger charge is 2.35. The topological polar surface area (TPSA) is 41.6 Å². The molecule has 0 radical (unpaired) electrons. The lowest BCUT2D eigenvalue weighted by atomic mass is 10.1. The van der Waals surface area contributed by atoms with E-state index in [-0.39, 0.29) is 12.1 Å². The first kappa shape index (κ1) is 13.2. The number of hydrogen-bond donors (Lipinski definition) is 1. The molecule has 1 saturated heterocycles. The quantitative estimate of drug-likeness (QED) is 0.806. The summed E-state index contributed by atoms with van der Waals surface area (Å²) in [5.41, 5.74) is 1.11. The van der Waals surface area contributed by atoms with Gasteiger partial charge in [0.05, 0.1) is 6.54 Å². The van der Waals surface area contributed by atoms with Crippen molar-refractivity contribution in [3.8, 4) is 5.75 Å². The molecule has 4 nitrogen and oxygen atoms in total. The van der Waals surface area contributed by atoms with Crippen LogP contribution in [0.25, 0.3) is 0 Å². The Kier molecular flexibility index (Phi) is 3.74. The van der Waals surface area contributed by atoms with Crippen molar-refractivity contribution in [1.29, 1.82) is 0 Å². The molecule has 1 aromatic carbocycles. The molecule has 1 aliphatic heterocycles. The maximum absolute atomic E-state index is 12.0. The average molecular weight is 272 g/mol. The van der Waals surface area contributed by atoms with Crippen molar-refractivity contribution in [2.45, 2.75) is 19.0 Å². The monoisotopic (exact) mass is 272 g/mol. The highest BCUT2D eigenvalue weighted by Crippen LogP contribution is 2.33. The SMILES string of the molecule is C=CCOc1ccc(C2NCC(=O)N2CC2CC2)cc1. The summed E-state index contributed by atoms with van der Waals surface area (Å²) < 4.78 is 5.48. The Morgan fingerprint density at radius 3 is 2.75 bits per heavy atom. The fourth-order valence-corrected chi connectivity index (χ4v) is 2.52. The molecule has 1 unspecified atom stereocenters. The zero-order valence-electron chi connectivity index (χ0n) is 11.5. The molecule has 3 rings (SSSR count). The second-order valence-electron chi connectivity index (χ2n) is 5.44. The summed E-state index contributed by atoms with van der Waals surface area (Å²) in [6.45, 7) is 5.45. The first-order valence-electron chi connectivity index (χ1n) is 7.14. The van der Waals surface area contributed by atoms with Gasteiger partial charge >= 0.3 is 0 Å². The normalized spacial score (nSPS) is 22.1. The Morgan fingerprint density at radius 1 is 1.35 bits per heavy atom. The van der Waals surface area contributed by atoms with E-state index in [2.05, 4.69) is 11.9 Å². The standard InChI is InChI=1S/C16H20N2O2/c1-2-9-20-14-7-5-13(6-8-14)16-17-10-15(19)18(16)11-12-3-4-12/h2,5-8,12,16-17H,1,3-4,9-11H2. The van der Waals surface area contributed by atoms with Gasteiger partial charge in [0, 0.05) is 6.54 Å². The molecule has 2 aliphatic rings. The minimum absolute atomic E-state index is 0.0107. The number of carbonyl (C=O) groups is 1. The number of nitrogens with zero attached hydrogens (tertiary/aromatic N) is 1.